The standard InChI is InChI=1S/C19H21ClN4O3/c1-13-10-14(20)2-3-15(13)23-17-11-16(21-12-22-17)18(25)24-6-4-19(5-7-24)26-8-9-27-19/h2-3,10-12H,4-9H2,1H3,(H,21,22,23). The smallest absolute Gasteiger partial charge is 0.272 e. The molecular formula is C19H21ClN4O3. The van der Waals surface area contributed by atoms with Crippen molar-refractivity contribution in [3.63, 3.8) is 0 Å². The molecule has 1 spiro atoms. The number of nitrogens with zero attached hydrogens (tertiary/aromatic N) is 3. The van der Waals surface area contributed by atoms with E-state index in [0.717, 1.165) is 11.3 Å². The minimum atomic E-state index is -0.499. The number of halogens is 1. The number of aromatic nitrogens is 2. The fourth-order valence-electron chi connectivity index (χ4n) is 3.45. The molecule has 0 unspecified atom stereocenters. The van der Waals surface area contributed by atoms with Gasteiger partial charge in [0.05, 0.1) is 13.2 Å². The molecule has 0 atom stereocenters. The summed E-state index contributed by atoms with van der Waals surface area (Å²) in [6, 6.07) is 7.23. The number of carbonyl (C=O) groups excluding carboxylic acids is 1. The highest BCUT2D eigenvalue weighted by atomic mass is 35.5. The number of benzene rings is 1. The molecule has 1 amide bonds. The van der Waals surface area contributed by atoms with Crippen molar-refractivity contribution in [1.82, 2.24) is 14.9 Å². The molecule has 2 aliphatic rings. The molecule has 2 saturated heterocycles. The summed E-state index contributed by atoms with van der Waals surface area (Å²) in [7, 11) is 0. The lowest BCUT2D eigenvalue weighted by Gasteiger charge is -2.37. The van der Waals surface area contributed by atoms with Crippen LogP contribution in [0.4, 0.5) is 11.5 Å². The Bertz CT molecular complexity index is 845. The molecule has 1 N–H and O–H groups in total. The maximum atomic E-state index is 12.8. The first kappa shape index (κ1) is 18.2. The zero-order chi connectivity index (χ0) is 18.9. The molecule has 27 heavy (non-hydrogen) atoms. The maximum absolute atomic E-state index is 12.8. The Morgan fingerprint density at radius 1 is 1.19 bits per heavy atom. The van der Waals surface area contributed by atoms with Gasteiger partial charge in [-0.25, -0.2) is 9.97 Å². The van der Waals surface area contributed by atoms with E-state index in [1.165, 1.54) is 6.33 Å². The third kappa shape index (κ3) is 3.90. The van der Waals surface area contributed by atoms with E-state index in [2.05, 4.69) is 15.3 Å². The van der Waals surface area contributed by atoms with Crippen molar-refractivity contribution in [3.05, 3.63) is 46.9 Å². The van der Waals surface area contributed by atoms with E-state index in [4.69, 9.17) is 21.1 Å². The van der Waals surface area contributed by atoms with E-state index in [-0.39, 0.29) is 5.91 Å². The van der Waals surface area contributed by atoms with Crippen LogP contribution >= 0.6 is 11.6 Å². The zero-order valence-electron chi connectivity index (χ0n) is 15.1. The Kier molecular flexibility index (Phi) is 4.99. The lowest BCUT2D eigenvalue weighted by atomic mass is 10.0. The third-order valence-electron chi connectivity index (χ3n) is 4.96. The van der Waals surface area contributed by atoms with Crippen LogP contribution in [0.5, 0.6) is 0 Å². The Morgan fingerprint density at radius 3 is 2.63 bits per heavy atom. The fraction of sp³-hybridized carbons (Fsp3) is 0.421. The van der Waals surface area contributed by atoms with Crippen molar-refractivity contribution in [3.8, 4) is 0 Å². The molecule has 7 nitrogen and oxygen atoms in total. The van der Waals surface area contributed by atoms with Gasteiger partial charge in [-0.3, -0.25) is 4.79 Å². The van der Waals surface area contributed by atoms with Crippen molar-refractivity contribution in [2.75, 3.05) is 31.6 Å². The number of carbonyl (C=O) groups is 1. The van der Waals surface area contributed by atoms with E-state index >= 15 is 0 Å². The number of nitrogens with one attached hydrogen (secondary N) is 1. The number of rotatable bonds is 3. The molecule has 0 aliphatic carbocycles. The summed E-state index contributed by atoms with van der Waals surface area (Å²) in [5, 5.41) is 3.89. The summed E-state index contributed by atoms with van der Waals surface area (Å²) in [4.78, 5) is 23.0. The zero-order valence-corrected chi connectivity index (χ0v) is 15.8. The molecule has 2 aromatic rings. The summed E-state index contributed by atoms with van der Waals surface area (Å²) in [6.45, 7) is 4.37. The molecule has 8 heteroatoms. The van der Waals surface area contributed by atoms with Crippen LogP contribution in [0.15, 0.2) is 30.6 Å². The Hall–Kier alpha value is -2.22. The van der Waals surface area contributed by atoms with E-state index in [9.17, 15) is 4.79 Å². The molecule has 2 aliphatic heterocycles. The monoisotopic (exact) mass is 388 g/mol. The number of hydrogen-bond acceptors (Lipinski definition) is 6. The van der Waals surface area contributed by atoms with Crippen molar-refractivity contribution in [2.45, 2.75) is 25.6 Å². The minimum Gasteiger partial charge on any atom is -0.347 e. The largest absolute Gasteiger partial charge is 0.347 e. The molecule has 2 fully saturated rings. The number of anilines is 2. The van der Waals surface area contributed by atoms with Crippen LogP contribution < -0.4 is 5.32 Å². The van der Waals surface area contributed by atoms with Gasteiger partial charge >= 0.3 is 0 Å². The van der Waals surface area contributed by atoms with Crippen LogP contribution in [0.25, 0.3) is 0 Å². The van der Waals surface area contributed by atoms with Crippen LogP contribution in [-0.4, -0.2) is 52.9 Å². The first-order valence-corrected chi connectivity index (χ1v) is 9.35. The van der Waals surface area contributed by atoms with E-state index < -0.39 is 5.79 Å². The summed E-state index contributed by atoms with van der Waals surface area (Å²) >= 11 is 6.00. The van der Waals surface area contributed by atoms with Crippen molar-refractivity contribution in [1.29, 1.82) is 0 Å². The van der Waals surface area contributed by atoms with Gasteiger partial charge in [-0.15, -0.1) is 0 Å². The topological polar surface area (TPSA) is 76.6 Å². The Balaban J connectivity index is 1.45. The van der Waals surface area contributed by atoms with Gasteiger partial charge in [-0.2, -0.15) is 0 Å². The van der Waals surface area contributed by atoms with Gasteiger partial charge in [-0.1, -0.05) is 11.6 Å². The average molecular weight is 389 g/mol. The van der Waals surface area contributed by atoms with E-state index in [1.54, 1.807) is 17.0 Å². The number of likely N-dealkylation sites (tertiary alicyclic amines) is 1. The summed E-state index contributed by atoms with van der Waals surface area (Å²) in [5.74, 6) is -0.0443. The molecule has 0 saturated carbocycles. The number of aryl methyl sites for hydroxylation is 1. The van der Waals surface area contributed by atoms with Gasteiger partial charge in [0.1, 0.15) is 17.8 Å². The number of amides is 1. The molecular weight excluding hydrogens is 368 g/mol. The van der Waals surface area contributed by atoms with Crippen LogP contribution in [-0.2, 0) is 9.47 Å². The van der Waals surface area contributed by atoms with Crippen molar-refractivity contribution >= 4 is 29.0 Å². The second-order valence-corrected chi connectivity index (χ2v) is 7.21. The van der Waals surface area contributed by atoms with Crippen LogP contribution in [0.1, 0.15) is 28.9 Å². The van der Waals surface area contributed by atoms with E-state index in [1.807, 2.05) is 19.1 Å². The van der Waals surface area contributed by atoms with Crippen LogP contribution in [0.3, 0.4) is 0 Å². The van der Waals surface area contributed by atoms with Crippen LogP contribution in [0, 0.1) is 6.92 Å². The van der Waals surface area contributed by atoms with Gasteiger partial charge in [0, 0.05) is 42.7 Å². The molecule has 1 aromatic carbocycles. The molecule has 0 bridgehead atoms. The molecule has 0 radical (unpaired) electrons. The highest BCUT2D eigenvalue weighted by Gasteiger charge is 2.41. The summed E-state index contributed by atoms with van der Waals surface area (Å²) in [6.07, 6.45) is 2.76. The lowest BCUT2D eigenvalue weighted by molar-refractivity contribution is -0.181. The molecule has 1 aromatic heterocycles. The minimum absolute atomic E-state index is 0.110. The maximum Gasteiger partial charge on any atom is 0.272 e. The lowest BCUT2D eigenvalue weighted by Crippen LogP contribution is -2.47. The third-order valence-corrected chi connectivity index (χ3v) is 5.20. The van der Waals surface area contributed by atoms with Gasteiger partial charge in [0.25, 0.3) is 5.91 Å². The predicted molar refractivity (Wildman–Crippen MR) is 101 cm³/mol. The highest BCUT2D eigenvalue weighted by Crippen LogP contribution is 2.31. The Labute approximate surface area is 162 Å². The van der Waals surface area contributed by atoms with Crippen LogP contribution in [0.2, 0.25) is 5.02 Å². The quantitative estimate of drug-likeness (QED) is 0.870. The van der Waals surface area contributed by atoms with Gasteiger partial charge in [-0.05, 0) is 30.7 Å². The van der Waals surface area contributed by atoms with Gasteiger partial charge < -0.3 is 19.7 Å². The van der Waals surface area contributed by atoms with Gasteiger partial charge in [0.2, 0.25) is 0 Å². The van der Waals surface area contributed by atoms with Gasteiger partial charge in [0.15, 0.2) is 5.79 Å². The second kappa shape index (κ2) is 7.42. The summed E-state index contributed by atoms with van der Waals surface area (Å²) < 4.78 is 11.4. The molecule has 4 rings (SSSR count). The number of piperidine rings is 1. The number of hydrogen-bond donors (Lipinski definition) is 1. The second-order valence-electron chi connectivity index (χ2n) is 6.77. The van der Waals surface area contributed by atoms with Crippen molar-refractivity contribution in [2.24, 2.45) is 0 Å². The first-order chi connectivity index (χ1) is 13.0. The van der Waals surface area contributed by atoms with Crippen molar-refractivity contribution < 1.29 is 14.3 Å². The average Bonchev–Trinajstić information content (AvgIpc) is 3.12. The molecule has 142 valence electrons. The SMILES string of the molecule is Cc1cc(Cl)ccc1Nc1cc(C(=O)N2CCC3(CC2)OCCO3)ncn1. The predicted octanol–water partition coefficient (Wildman–Crippen LogP) is 3.16. The normalized spacial score (nSPS) is 18.7. The first-order valence-electron chi connectivity index (χ1n) is 8.97. The highest BCUT2D eigenvalue weighted by molar-refractivity contribution is 6.30. The number of ether oxygens (including phenoxy) is 2. The molecule has 3 heterocycles. The summed E-state index contributed by atoms with van der Waals surface area (Å²) in [5.41, 5.74) is 2.24. The fourth-order valence-corrected chi connectivity index (χ4v) is 3.67. The Morgan fingerprint density at radius 2 is 1.93 bits per heavy atom. The van der Waals surface area contributed by atoms with E-state index in [0.29, 0.717) is 55.7 Å².